The third-order valence-electron chi connectivity index (χ3n) is 6.29. The molecule has 226 valence electrons. The lowest BCUT2D eigenvalue weighted by atomic mass is 9.90. The molecule has 0 bridgehead atoms. The van der Waals surface area contributed by atoms with Gasteiger partial charge in [0.05, 0.1) is 25.2 Å². The largest absolute Gasteiger partial charge is 0.493 e. The van der Waals surface area contributed by atoms with Crippen molar-refractivity contribution in [2.75, 3.05) is 50.2 Å². The second-order valence-corrected chi connectivity index (χ2v) is 10.5. The first kappa shape index (κ1) is 31.4. The minimum Gasteiger partial charge on any atom is -0.493 e. The molecule has 0 spiro atoms. The minimum absolute atomic E-state index is 0.0103. The van der Waals surface area contributed by atoms with Gasteiger partial charge in [-0.05, 0) is 48.4 Å². The van der Waals surface area contributed by atoms with Gasteiger partial charge in [-0.15, -0.1) is 0 Å². The van der Waals surface area contributed by atoms with Crippen molar-refractivity contribution in [1.82, 2.24) is 20.3 Å². The number of carbonyl (C=O) groups is 1. The van der Waals surface area contributed by atoms with Crippen LogP contribution in [0.5, 0.6) is 11.8 Å². The topological polar surface area (TPSA) is 134 Å². The van der Waals surface area contributed by atoms with Gasteiger partial charge in [0.2, 0.25) is 5.95 Å². The summed E-state index contributed by atoms with van der Waals surface area (Å²) in [5.41, 5.74) is 7.54. The summed E-state index contributed by atoms with van der Waals surface area (Å²) in [6.07, 6.45) is -3.70. The number of nitrogens with one attached hydrogen (secondary N) is 2. The Morgan fingerprint density at radius 3 is 2.36 bits per heavy atom. The Hall–Kier alpha value is -3.49. The Kier molecular flexibility index (Phi) is 10.9. The molecule has 0 unspecified atom stereocenters. The average molecular weight is 654 g/mol. The van der Waals surface area contributed by atoms with E-state index in [1.54, 1.807) is 24.3 Å². The van der Waals surface area contributed by atoms with Crippen molar-refractivity contribution in [3.63, 3.8) is 0 Å². The number of rotatable bonds is 15. The SMILES string of the molecule is NCCCNC(=O)c1ccc(Cc2nc(NCc3ccc(OCC4(CBr)COC4)cc3)nc(OCC(F)(F)F)n2)cc1. The van der Waals surface area contributed by atoms with E-state index in [1.165, 1.54) is 0 Å². The quantitative estimate of drug-likeness (QED) is 0.165. The summed E-state index contributed by atoms with van der Waals surface area (Å²) in [5.74, 6) is 0.766. The molecule has 1 aromatic heterocycles. The van der Waals surface area contributed by atoms with Crippen molar-refractivity contribution in [2.24, 2.45) is 11.1 Å². The van der Waals surface area contributed by atoms with Crippen LogP contribution in [0, 0.1) is 5.41 Å². The zero-order valence-corrected chi connectivity index (χ0v) is 24.3. The molecule has 3 aromatic rings. The van der Waals surface area contributed by atoms with Gasteiger partial charge in [-0.3, -0.25) is 4.79 Å². The number of benzene rings is 2. The Labute approximate surface area is 249 Å². The monoisotopic (exact) mass is 652 g/mol. The highest BCUT2D eigenvalue weighted by Crippen LogP contribution is 2.30. The van der Waals surface area contributed by atoms with E-state index in [9.17, 15) is 18.0 Å². The Balaban J connectivity index is 1.40. The van der Waals surface area contributed by atoms with Gasteiger partial charge in [0.25, 0.3) is 5.91 Å². The van der Waals surface area contributed by atoms with Crippen LogP contribution in [0.2, 0.25) is 0 Å². The molecular formula is C28H32BrF3N6O4. The van der Waals surface area contributed by atoms with Crippen molar-refractivity contribution >= 4 is 27.8 Å². The maximum Gasteiger partial charge on any atom is 0.422 e. The van der Waals surface area contributed by atoms with E-state index in [0.717, 1.165) is 22.2 Å². The summed E-state index contributed by atoms with van der Waals surface area (Å²) in [5, 5.41) is 6.60. The van der Waals surface area contributed by atoms with Crippen LogP contribution in [0.1, 0.15) is 33.7 Å². The number of aromatic nitrogens is 3. The first-order valence-corrected chi connectivity index (χ1v) is 14.4. The molecule has 2 heterocycles. The number of halogens is 4. The zero-order chi connectivity index (χ0) is 30.0. The van der Waals surface area contributed by atoms with Crippen LogP contribution in [0.25, 0.3) is 0 Å². The second kappa shape index (κ2) is 14.6. The van der Waals surface area contributed by atoms with Crippen LogP contribution in [0.15, 0.2) is 48.5 Å². The van der Waals surface area contributed by atoms with E-state index in [-0.39, 0.29) is 29.5 Å². The minimum atomic E-state index is -4.55. The highest BCUT2D eigenvalue weighted by atomic mass is 79.9. The van der Waals surface area contributed by atoms with Gasteiger partial charge in [0.15, 0.2) is 6.61 Å². The van der Waals surface area contributed by atoms with Crippen LogP contribution >= 0.6 is 15.9 Å². The molecule has 2 aromatic carbocycles. The normalized spacial score (nSPS) is 14.1. The van der Waals surface area contributed by atoms with E-state index in [2.05, 4.69) is 41.5 Å². The lowest BCUT2D eigenvalue weighted by Crippen LogP contribution is -2.48. The molecule has 1 amide bonds. The number of carbonyl (C=O) groups excluding carboxylic acids is 1. The molecule has 1 fully saturated rings. The van der Waals surface area contributed by atoms with Crippen molar-refractivity contribution in [3.05, 3.63) is 71.0 Å². The molecule has 1 aliphatic heterocycles. The number of alkyl halides is 4. The smallest absolute Gasteiger partial charge is 0.422 e. The number of nitrogens with zero attached hydrogens (tertiary/aromatic N) is 3. The standard InChI is InChI=1S/C28H32BrF3N6O4/c29-14-27(15-40-16-27)17-41-22-8-4-20(5-9-22)13-35-25-36-23(37-26(38-25)42-18-28(30,31)32)12-19-2-6-21(7-3-19)24(39)34-11-1-10-33/h2-9H,1,10-18,33H2,(H,34,39)(H,35,36,37,38). The van der Waals surface area contributed by atoms with E-state index in [0.29, 0.717) is 51.4 Å². The highest BCUT2D eigenvalue weighted by molar-refractivity contribution is 9.09. The molecule has 4 rings (SSSR count). The highest BCUT2D eigenvalue weighted by Gasteiger charge is 2.38. The predicted octanol–water partition coefficient (Wildman–Crippen LogP) is 3.88. The maximum atomic E-state index is 12.8. The molecule has 0 saturated carbocycles. The second-order valence-electron chi connectivity index (χ2n) is 9.95. The lowest BCUT2D eigenvalue weighted by Gasteiger charge is -2.39. The number of ether oxygens (including phenoxy) is 3. The molecule has 1 saturated heterocycles. The summed E-state index contributed by atoms with van der Waals surface area (Å²) < 4.78 is 54.4. The van der Waals surface area contributed by atoms with Crippen molar-refractivity contribution in [1.29, 1.82) is 0 Å². The molecule has 0 aliphatic carbocycles. The number of hydrogen-bond acceptors (Lipinski definition) is 9. The van der Waals surface area contributed by atoms with Crippen molar-refractivity contribution in [2.45, 2.75) is 25.6 Å². The molecular weight excluding hydrogens is 621 g/mol. The van der Waals surface area contributed by atoms with Gasteiger partial charge in [-0.1, -0.05) is 40.2 Å². The fourth-order valence-electron chi connectivity index (χ4n) is 3.84. The molecule has 10 nitrogen and oxygen atoms in total. The third kappa shape index (κ3) is 9.53. The maximum absolute atomic E-state index is 12.8. The molecule has 42 heavy (non-hydrogen) atoms. The lowest BCUT2D eigenvalue weighted by molar-refractivity contribution is -0.154. The van der Waals surface area contributed by atoms with E-state index < -0.39 is 18.8 Å². The van der Waals surface area contributed by atoms with Gasteiger partial charge in [-0.2, -0.15) is 28.1 Å². The third-order valence-corrected chi connectivity index (χ3v) is 7.48. The number of anilines is 1. The molecule has 1 aliphatic rings. The van der Waals surface area contributed by atoms with Gasteiger partial charge in [0.1, 0.15) is 11.6 Å². The van der Waals surface area contributed by atoms with Crippen LogP contribution in [-0.4, -0.2) is 71.9 Å². The fourth-order valence-corrected chi connectivity index (χ4v) is 4.33. The van der Waals surface area contributed by atoms with Crippen LogP contribution in [0.4, 0.5) is 19.1 Å². The van der Waals surface area contributed by atoms with Crippen LogP contribution in [0.3, 0.4) is 0 Å². The molecule has 0 atom stereocenters. The summed E-state index contributed by atoms with van der Waals surface area (Å²) in [4.78, 5) is 24.7. The summed E-state index contributed by atoms with van der Waals surface area (Å²) in [6, 6.07) is 13.8. The first-order chi connectivity index (χ1) is 20.2. The first-order valence-electron chi connectivity index (χ1n) is 13.3. The summed E-state index contributed by atoms with van der Waals surface area (Å²) in [6.45, 7) is 1.57. The number of hydrogen-bond donors (Lipinski definition) is 3. The fraction of sp³-hybridized carbons (Fsp3) is 0.429. The Morgan fingerprint density at radius 1 is 1.02 bits per heavy atom. The number of nitrogens with two attached hydrogens (primary N) is 1. The molecule has 14 heteroatoms. The zero-order valence-electron chi connectivity index (χ0n) is 22.8. The van der Waals surface area contributed by atoms with Gasteiger partial charge in [0, 0.05) is 30.4 Å². The van der Waals surface area contributed by atoms with E-state index in [1.807, 2.05) is 24.3 Å². The predicted molar refractivity (Wildman–Crippen MR) is 153 cm³/mol. The van der Waals surface area contributed by atoms with Gasteiger partial charge >= 0.3 is 12.2 Å². The van der Waals surface area contributed by atoms with E-state index in [4.69, 9.17) is 19.9 Å². The number of amides is 1. The average Bonchev–Trinajstić information content (AvgIpc) is 2.95. The van der Waals surface area contributed by atoms with Gasteiger partial charge < -0.3 is 30.6 Å². The van der Waals surface area contributed by atoms with Crippen molar-refractivity contribution in [3.8, 4) is 11.8 Å². The molecule has 4 N–H and O–H groups in total. The Bertz CT molecular complexity index is 1300. The summed E-state index contributed by atoms with van der Waals surface area (Å²) >= 11 is 3.51. The van der Waals surface area contributed by atoms with Crippen molar-refractivity contribution < 1.29 is 32.2 Å². The van der Waals surface area contributed by atoms with Crippen LogP contribution < -0.4 is 25.8 Å². The van der Waals surface area contributed by atoms with Crippen LogP contribution in [-0.2, 0) is 17.7 Å². The van der Waals surface area contributed by atoms with Gasteiger partial charge in [-0.25, -0.2) is 0 Å². The van der Waals surface area contributed by atoms with E-state index >= 15 is 0 Å². The Morgan fingerprint density at radius 2 is 1.74 bits per heavy atom. The summed E-state index contributed by atoms with van der Waals surface area (Å²) in [7, 11) is 0. The molecule has 0 radical (unpaired) electrons.